The number of nitriles is 1. The average Bonchev–Trinajstić information content (AvgIpc) is 2.86. The fourth-order valence-corrected chi connectivity index (χ4v) is 3.86. The number of hydrogen-bond acceptors (Lipinski definition) is 8. The van der Waals surface area contributed by atoms with Gasteiger partial charge in [-0.25, -0.2) is 9.59 Å². The third kappa shape index (κ3) is 5.18. The minimum Gasteiger partial charge on any atom is -0.466 e. The van der Waals surface area contributed by atoms with E-state index in [9.17, 15) is 36.8 Å². The molecule has 194 valence electrons. The number of allylic oxidation sites excluding steroid dienone is 1. The molecule has 37 heavy (non-hydrogen) atoms. The Bertz CT molecular complexity index is 1320. The zero-order valence-corrected chi connectivity index (χ0v) is 19.2. The number of methoxy groups -OCH3 is 2. The molecule has 0 spiro atoms. The van der Waals surface area contributed by atoms with Gasteiger partial charge >= 0.3 is 24.7 Å². The zero-order valence-electron chi connectivity index (χ0n) is 19.2. The van der Waals surface area contributed by atoms with E-state index in [2.05, 4.69) is 4.74 Å². The lowest BCUT2D eigenvalue weighted by atomic mass is 9.81. The zero-order chi connectivity index (χ0) is 27.5. The van der Waals surface area contributed by atoms with E-state index in [-0.39, 0.29) is 5.57 Å². The highest BCUT2D eigenvalue weighted by Gasteiger charge is 2.44. The lowest BCUT2D eigenvalue weighted by molar-refractivity contribution is -0.142. The van der Waals surface area contributed by atoms with Crippen molar-refractivity contribution in [1.29, 1.82) is 5.26 Å². The Balaban J connectivity index is 2.41. The van der Waals surface area contributed by atoms with Crippen LogP contribution in [-0.2, 0) is 25.2 Å². The first-order valence-corrected chi connectivity index (χ1v) is 10.3. The fourth-order valence-electron chi connectivity index (χ4n) is 3.86. The SMILES string of the molecule is COC(=O)C1=C(C(=O)OC)N(c2ccc(OC(F)F)c(C(F)(F)F)c2)C(N)=C(C#N)C1c1ccccc1. The van der Waals surface area contributed by atoms with E-state index in [0.29, 0.717) is 22.6 Å². The van der Waals surface area contributed by atoms with E-state index in [1.807, 2.05) is 6.07 Å². The van der Waals surface area contributed by atoms with Crippen LogP contribution in [0.15, 0.2) is 71.2 Å². The van der Waals surface area contributed by atoms with Gasteiger partial charge < -0.3 is 19.9 Å². The minimum absolute atomic E-state index is 0.291. The largest absolute Gasteiger partial charge is 0.466 e. The molecule has 0 aromatic heterocycles. The van der Waals surface area contributed by atoms with Crippen LogP contribution in [0.1, 0.15) is 17.0 Å². The maximum Gasteiger partial charge on any atom is 0.420 e. The summed E-state index contributed by atoms with van der Waals surface area (Å²) < 4.78 is 80.2. The second-order valence-electron chi connectivity index (χ2n) is 7.39. The van der Waals surface area contributed by atoms with Gasteiger partial charge in [0.05, 0.1) is 42.9 Å². The molecular formula is C24H18F5N3O5. The first-order chi connectivity index (χ1) is 17.5. The number of benzene rings is 2. The topological polar surface area (TPSA) is 115 Å². The predicted octanol–water partition coefficient (Wildman–Crippen LogP) is 4.20. The minimum atomic E-state index is -5.17. The summed E-state index contributed by atoms with van der Waals surface area (Å²) in [6, 6.07) is 11.7. The van der Waals surface area contributed by atoms with Gasteiger partial charge in [-0.1, -0.05) is 30.3 Å². The van der Waals surface area contributed by atoms with Crippen molar-refractivity contribution < 1.29 is 45.8 Å². The van der Waals surface area contributed by atoms with Gasteiger partial charge in [0.2, 0.25) is 0 Å². The molecule has 1 unspecified atom stereocenters. The Kier molecular flexibility index (Phi) is 7.71. The van der Waals surface area contributed by atoms with Crippen LogP contribution >= 0.6 is 0 Å². The van der Waals surface area contributed by atoms with Crippen molar-refractivity contribution in [2.45, 2.75) is 18.7 Å². The number of nitrogens with two attached hydrogens (primary N) is 1. The van der Waals surface area contributed by atoms with Crippen molar-refractivity contribution in [3.8, 4) is 11.8 Å². The number of anilines is 1. The molecule has 1 atom stereocenters. The van der Waals surface area contributed by atoms with Crippen molar-refractivity contribution >= 4 is 17.6 Å². The summed E-state index contributed by atoms with van der Waals surface area (Å²) in [7, 11) is 1.96. The van der Waals surface area contributed by atoms with E-state index in [1.54, 1.807) is 30.3 Å². The van der Waals surface area contributed by atoms with Gasteiger partial charge in [-0.15, -0.1) is 0 Å². The molecule has 0 bridgehead atoms. The second kappa shape index (κ2) is 10.6. The van der Waals surface area contributed by atoms with E-state index in [0.717, 1.165) is 20.3 Å². The van der Waals surface area contributed by atoms with Crippen LogP contribution in [0.2, 0.25) is 0 Å². The molecule has 8 nitrogen and oxygen atoms in total. The van der Waals surface area contributed by atoms with Crippen molar-refractivity contribution in [1.82, 2.24) is 0 Å². The van der Waals surface area contributed by atoms with Crippen molar-refractivity contribution in [2.24, 2.45) is 5.73 Å². The Morgan fingerprint density at radius 2 is 1.68 bits per heavy atom. The number of hydrogen-bond donors (Lipinski definition) is 1. The molecule has 2 aromatic carbocycles. The lowest BCUT2D eigenvalue weighted by Crippen LogP contribution is -2.40. The molecule has 1 aliphatic heterocycles. The van der Waals surface area contributed by atoms with Crippen LogP contribution in [0.5, 0.6) is 5.75 Å². The van der Waals surface area contributed by atoms with Crippen LogP contribution < -0.4 is 15.4 Å². The monoisotopic (exact) mass is 523 g/mol. The van der Waals surface area contributed by atoms with E-state index >= 15 is 0 Å². The highest BCUT2D eigenvalue weighted by molar-refractivity contribution is 6.06. The number of carbonyl (C=O) groups excluding carboxylic acids is 2. The molecule has 2 N–H and O–H groups in total. The molecular weight excluding hydrogens is 505 g/mol. The van der Waals surface area contributed by atoms with Crippen molar-refractivity contribution in [3.63, 3.8) is 0 Å². The van der Waals surface area contributed by atoms with Gasteiger partial charge in [0, 0.05) is 5.69 Å². The number of nitrogens with zero attached hydrogens (tertiary/aromatic N) is 2. The van der Waals surface area contributed by atoms with Gasteiger partial charge in [0.25, 0.3) is 0 Å². The van der Waals surface area contributed by atoms with Crippen LogP contribution in [0.3, 0.4) is 0 Å². The number of ether oxygens (including phenoxy) is 3. The van der Waals surface area contributed by atoms with Gasteiger partial charge in [0.15, 0.2) is 0 Å². The van der Waals surface area contributed by atoms with E-state index in [4.69, 9.17) is 15.2 Å². The first kappa shape index (κ1) is 27.0. The molecule has 1 heterocycles. The molecule has 0 saturated heterocycles. The van der Waals surface area contributed by atoms with Crippen LogP contribution in [-0.4, -0.2) is 32.8 Å². The van der Waals surface area contributed by atoms with Crippen LogP contribution in [0.25, 0.3) is 0 Å². The molecule has 3 rings (SSSR count). The van der Waals surface area contributed by atoms with Crippen molar-refractivity contribution in [2.75, 3.05) is 19.1 Å². The Morgan fingerprint density at radius 3 is 2.19 bits per heavy atom. The van der Waals surface area contributed by atoms with Crippen molar-refractivity contribution in [3.05, 3.63) is 82.3 Å². The third-order valence-electron chi connectivity index (χ3n) is 5.35. The second-order valence-corrected chi connectivity index (χ2v) is 7.39. The van der Waals surface area contributed by atoms with Crippen LogP contribution in [0.4, 0.5) is 27.6 Å². The number of esters is 2. The van der Waals surface area contributed by atoms with Gasteiger partial charge in [0.1, 0.15) is 17.3 Å². The maximum atomic E-state index is 13.7. The Hall–Kier alpha value is -4.60. The molecule has 1 aliphatic rings. The van der Waals surface area contributed by atoms with E-state index in [1.165, 1.54) is 0 Å². The summed E-state index contributed by atoms with van der Waals surface area (Å²) in [5.41, 5.74) is 3.09. The standard InChI is InChI=1S/C24H18F5N3O5/c1-35-21(33)18-17(12-6-4-3-5-7-12)14(11-30)20(31)32(19(18)22(34)36-2)13-8-9-16(37-23(25)26)15(10-13)24(27,28)29/h3-10,17,23H,31H2,1-2H3. The number of alkyl halides is 5. The predicted molar refractivity (Wildman–Crippen MR) is 118 cm³/mol. The molecule has 0 fully saturated rings. The Morgan fingerprint density at radius 1 is 1.05 bits per heavy atom. The molecule has 0 radical (unpaired) electrons. The number of halogens is 5. The van der Waals surface area contributed by atoms with Crippen LogP contribution in [0, 0.1) is 11.3 Å². The third-order valence-corrected chi connectivity index (χ3v) is 5.35. The lowest BCUT2D eigenvalue weighted by Gasteiger charge is -2.36. The summed E-state index contributed by atoms with van der Waals surface area (Å²) in [5, 5.41) is 9.95. The molecule has 2 aromatic rings. The number of carbonyl (C=O) groups is 2. The first-order valence-electron chi connectivity index (χ1n) is 10.3. The maximum absolute atomic E-state index is 13.7. The highest BCUT2D eigenvalue weighted by Crippen LogP contribution is 2.45. The Labute approximate surface area is 206 Å². The normalized spacial score (nSPS) is 16.0. The summed E-state index contributed by atoms with van der Waals surface area (Å²) in [6.45, 7) is -3.56. The van der Waals surface area contributed by atoms with Gasteiger partial charge in [-0.2, -0.15) is 27.2 Å². The molecule has 0 saturated carbocycles. The highest BCUT2D eigenvalue weighted by atomic mass is 19.4. The van der Waals surface area contributed by atoms with Gasteiger partial charge in [-0.3, -0.25) is 4.90 Å². The van der Waals surface area contributed by atoms with E-state index < -0.39 is 64.7 Å². The smallest absolute Gasteiger partial charge is 0.420 e. The summed E-state index contributed by atoms with van der Waals surface area (Å²) in [4.78, 5) is 26.6. The average molecular weight is 523 g/mol. The van der Waals surface area contributed by atoms with Gasteiger partial charge in [-0.05, 0) is 23.8 Å². The molecule has 0 aliphatic carbocycles. The molecule has 0 amide bonds. The quantitative estimate of drug-likeness (QED) is 0.443. The summed E-state index contributed by atoms with van der Waals surface area (Å²) in [5.74, 6) is -5.21. The summed E-state index contributed by atoms with van der Waals surface area (Å²) >= 11 is 0. The molecule has 13 heteroatoms. The number of rotatable bonds is 6. The summed E-state index contributed by atoms with van der Waals surface area (Å²) in [6.07, 6.45) is -5.17. The fraction of sp³-hybridized carbons (Fsp3) is 0.208.